The largest absolute Gasteiger partial charge is 0.367 e. The Hall–Kier alpha value is -4.61. The topological polar surface area (TPSA) is 87.2 Å². The summed E-state index contributed by atoms with van der Waals surface area (Å²) < 4.78 is 3.29. The van der Waals surface area contributed by atoms with Crippen LogP contribution in [0.2, 0.25) is 5.02 Å². The molecule has 40 heavy (non-hydrogen) atoms. The summed E-state index contributed by atoms with van der Waals surface area (Å²) in [5.41, 5.74) is 6.81. The van der Waals surface area contributed by atoms with E-state index in [2.05, 4.69) is 16.0 Å². The molecule has 1 aliphatic heterocycles. The Bertz CT molecular complexity index is 1910. The molecule has 1 aliphatic rings. The number of pyridine rings is 1. The van der Waals surface area contributed by atoms with Gasteiger partial charge in [0.05, 0.1) is 39.7 Å². The van der Waals surface area contributed by atoms with Crippen molar-refractivity contribution in [2.24, 2.45) is 7.05 Å². The number of hydrogen-bond donors (Lipinski definition) is 0. The van der Waals surface area contributed by atoms with Crippen molar-refractivity contribution in [1.82, 2.24) is 19.0 Å². The van der Waals surface area contributed by atoms with Crippen molar-refractivity contribution >= 4 is 45.1 Å². The molecule has 1 fully saturated rings. The lowest BCUT2D eigenvalue weighted by Crippen LogP contribution is -2.48. The number of amides is 1. The molecule has 0 N–H and O–H groups in total. The van der Waals surface area contributed by atoms with Crippen LogP contribution in [0.4, 0.5) is 5.69 Å². The molecule has 0 radical (unpaired) electrons. The summed E-state index contributed by atoms with van der Waals surface area (Å²) in [6.07, 6.45) is 1.72. The fourth-order valence-electron chi connectivity index (χ4n) is 5.58. The second kappa shape index (κ2) is 9.85. The van der Waals surface area contributed by atoms with E-state index in [1.54, 1.807) is 35.4 Å². The van der Waals surface area contributed by atoms with Gasteiger partial charge in [-0.3, -0.25) is 18.9 Å². The van der Waals surface area contributed by atoms with Crippen molar-refractivity contribution in [3.8, 4) is 22.9 Å². The molecule has 200 valence electrons. The van der Waals surface area contributed by atoms with E-state index in [4.69, 9.17) is 11.6 Å². The third-order valence-corrected chi connectivity index (χ3v) is 8.05. The van der Waals surface area contributed by atoms with Gasteiger partial charge in [0.2, 0.25) is 5.91 Å². The number of aromatic nitrogens is 3. The predicted octanol–water partition coefficient (Wildman–Crippen LogP) is 5.05. The molecular weight excluding hydrogens is 524 g/mol. The van der Waals surface area contributed by atoms with Gasteiger partial charge in [-0.05, 0) is 60.0 Å². The minimum Gasteiger partial charge on any atom is -0.367 e. The van der Waals surface area contributed by atoms with Gasteiger partial charge in [-0.1, -0.05) is 29.8 Å². The van der Waals surface area contributed by atoms with Crippen LogP contribution >= 0.6 is 11.6 Å². The Morgan fingerprint density at radius 2 is 1.68 bits per heavy atom. The first-order chi connectivity index (χ1) is 19.3. The first-order valence-corrected chi connectivity index (χ1v) is 13.5. The Morgan fingerprint density at radius 3 is 2.35 bits per heavy atom. The molecule has 0 bridgehead atoms. The number of fused-ring (bicyclic) bond motifs is 3. The summed E-state index contributed by atoms with van der Waals surface area (Å²) in [7, 11) is 1.74. The van der Waals surface area contributed by atoms with E-state index >= 15 is 0 Å². The highest BCUT2D eigenvalue weighted by atomic mass is 35.5. The number of rotatable bonds is 3. The van der Waals surface area contributed by atoms with E-state index in [1.807, 2.05) is 60.4 Å². The minimum absolute atomic E-state index is 0.0583. The zero-order chi connectivity index (χ0) is 28.1. The van der Waals surface area contributed by atoms with Crippen LogP contribution in [0.5, 0.6) is 0 Å². The highest BCUT2D eigenvalue weighted by molar-refractivity contribution is 6.30. The lowest BCUT2D eigenvalue weighted by molar-refractivity contribution is -0.129. The zero-order valence-electron chi connectivity index (χ0n) is 22.5. The average molecular weight is 551 g/mol. The van der Waals surface area contributed by atoms with Crippen LogP contribution in [-0.2, 0) is 11.8 Å². The summed E-state index contributed by atoms with van der Waals surface area (Å²) >= 11 is 6.11. The molecular formula is C31H27ClN6O2. The number of piperazine rings is 1. The second-order valence-electron chi connectivity index (χ2n) is 10.2. The van der Waals surface area contributed by atoms with Crippen LogP contribution in [-0.4, -0.2) is 51.1 Å². The lowest BCUT2D eigenvalue weighted by Gasteiger charge is -2.36. The first kappa shape index (κ1) is 25.7. The van der Waals surface area contributed by atoms with Crippen LogP contribution < -0.4 is 10.6 Å². The van der Waals surface area contributed by atoms with Crippen LogP contribution in [0.3, 0.4) is 0 Å². The van der Waals surface area contributed by atoms with Gasteiger partial charge in [0.15, 0.2) is 0 Å². The smallest absolute Gasteiger partial charge is 0.333 e. The Morgan fingerprint density at radius 1 is 0.975 bits per heavy atom. The van der Waals surface area contributed by atoms with Crippen molar-refractivity contribution < 1.29 is 4.79 Å². The highest BCUT2D eigenvalue weighted by Crippen LogP contribution is 2.33. The quantitative estimate of drug-likeness (QED) is 0.314. The summed E-state index contributed by atoms with van der Waals surface area (Å²) in [5.74, 6) is 0.0583. The summed E-state index contributed by atoms with van der Waals surface area (Å²) in [6.45, 7) is 6.04. The van der Waals surface area contributed by atoms with Gasteiger partial charge < -0.3 is 9.80 Å². The predicted molar refractivity (Wildman–Crippen MR) is 158 cm³/mol. The molecule has 3 heterocycles. The van der Waals surface area contributed by atoms with E-state index in [9.17, 15) is 14.9 Å². The van der Waals surface area contributed by atoms with Gasteiger partial charge in [-0.25, -0.2) is 4.79 Å². The van der Waals surface area contributed by atoms with Crippen molar-refractivity contribution in [1.29, 1.82) is 5.26 Å². The number of imidazole rings is 1. The van der Waals surface area contributed by atoms with E-state index in [1.165, 1.54) is 0 Å². The van der Waals surface area contributed by atoms with Gasteiger partial charge >= 0.3 is 5.69 Å². The Balaban J connectivity index is 1.53. The molecule has 8 nitrogen and oxygen atoms in total. The molecule has 5 aromatic rings. The standard InChI is InChI=1S/C31H27ClN6O2/c1-19-14-28(37-12-10-36(11-13-37)20(2)39)23(17-33)16-27(19)38-30-25-15-22(21-4-7-24(32)8-5-21)6-9-26(25)34-18-29(30)35(3)31(38)40/h4-9,14-16,18H,10-13H2,1-3H3. The van der Waals surface area contributed by atoms with Crippen LogP contribution in [0.15, 0.2) is 65.6 Å². The minimum atomic E-state index is -0.212. The van der Waals surface area contributed by atoms with Crippen molar-refractivity contribution in [2.75, 3.05) is 31.1 Å². The molecule has 0 atom stereocenters. The van der Waals surface area contributed by atoms with Gasteiger partial charge in [0.25, 0.3) is 0 Å². The molecule has 0 unspecified atom stereocenters. The van der Waals surface area contributed by atoms with Crippen LogP contribution in [0.25, 0.3) is 38.8 Å². The first-order valence-electron chi connectivity index (χ1n) is 13.1. The van der Waals surface area contributed by atoms with Crippen LogP contribution in [0, 0.1) is 18.3 Å². The second-order valence-corrected chi connectivity index (χ2v) is 10.6. The van der Waals surface area contributed by atoms with Gasteiger partial charge in [0.1, 0.15) is 6.07 Å². The molecule has 2 aromatic heterocycles. The Labute approximate surface area is 236 Å². The number of anilines is 1. The van der Waals surface area contributed by atoms with Gasteiger partial charge in [-0.2, -0.15) is 5.26 Å². The van der Waals surface area contributed by atoms with Gasteiger partial charge in [0, 0.05) is 50.6 Å². The molecule has 1 saturated heterocycles. The maximum atomic E-state index is 13.7. The van der Waals surface area contributed by atoms with Crippen molar-refractivity contribution in [3.63, 3.8) is 0 Å². The summed E-state index contributed by atoms with van der Waals surface area (Å²) in [5, 5.41) is 11.6. The fourth-order valence-corrected chi connectivity index (χ4v) is 5.70. The van der Waals surface area contributed by atoms with E-state index in [0.717, 1.165) is 38.8 Å². The van der Waals surface area contributed by atoms with Crippen molar-refractivity contribution in [2.45, 2.75) is 13.8 Å². The SMILES string of the molecule is CC(=O)N1CCN(c2cc(C)c(-n3c(=O)n(C)c4cnc5ccc(-c6ccc(Cl)cc6)cc5c43)cc2C#N)CC1. The fraction of sp³-hybridized carbons (Fsp3) is 0.226. The van der Waals surface area contributed by atoms with Gasteiger partial charge in [-0.15, -0.1) is 0 Å². The van der Waals surface area contributed by atoms with E-state index < -0.39 is 0 Å². The number of nitrogens with zero attached hydrogens (tertiary/aromatic N) is 6. The number of benzene rings is 3. The third-order valence-electron chi connectivity index (χ3n) is 7.80. The lowest BCUT2D eigenvalue weighted by atomic mass is 10.0. The van der Waals surface area contributed by atoms with Crippen LogP contribution in [0.1, 0.15) is 18.1 Å². The molecule has 1 amide bonds. The number of halogens is 1. The maximum Gasteiger partial charge on any atom is 0.333 e. The van der Waals surface area contributed by atoms with Crippen molar-refractivity contribution in [3.05, 3.63) is 87.4 Å². The molecule has 3 aromatic carbocycles. The number of carbonyl (C=O) groups excluding carboxylic acids is 1. The number of hydrogen-bond acceptors (Lipinski definition) is 5. The third kappa shape index (κ3) is 4.19. The molecule has 6 rings (SSSR count). The summed E-state index contributed by atoms with van der Waals surface area (Å²) in [4.78, 5) is 34.1. The number of nitriles is 1. The highest BCUT2D eigenvalue weighted by Gasteiger charge is 2.24. The molecule has 0 spiro atoms. The Kier molecular flexibility index (Phi) is 6.32. The molecule has 0 aliphatic carbocycles. The molecule has 0 saturated carbocycles. The monoisotopic (exact) mass is 550 g/mol. The molecule has 9 heteroatoms. The number of aryl methyl sites for hydroxylation is 2. The summed E-state index contributed by atoms with van der Waals surface area (Å²) in [6, 6.07) is 19.8. The average Bonchev–Trinajstić information content (AvgIpc) is 3.22. The normalized spacial score (nSPS) is 13.7. The number of carbonyl (C=O) groups is 1. The maximum absolute atomic E-state index is 13.7. The van der Waals surface area contributed by atoms with E-state index in [0.29, 0.717) is 48.0 Å². The zero-order valence-corrected chi connectivity index (χ0v) is 23.2. The van der Waals surface area contributed by atoms with E-state index in [-0.39, 0.29) is 11.6 Å².